The molecule has 1 aromatic carbocycles. The molecule has 9 nitrogen and oxygen atoms in total. The second-order valence-electron chi connectivity index (χ2n) is 4.82. The Bertz CT molecular complexity index is 720. The molecule has 0 spiro atoms. The highest BCUT2D eigenvalue weighted by Gasteiger charge is 2.14. The van der Waals surface area contributed by atoms with E-state index in [0.717, 1.165) is 11.8 Å². The molecule has 0 unspecified atom stereocenters. The Morgan fingerprint density at radius 1 is 1.46 bits per heavy atom. The van der Waals surface area contributed by atoms with Gasteiger partial charge in [-0.2, -0.15) is 4.98 Å². The number of nitrogens with two attached hydrogens (primary N) is 1. The van der Waals surface area contributed by atoms with E-state index >= 15 is 0 Å². The van der Waals surface area contributed by atoms with E-state index in [4.69, 9.17) is 10.5 Å². The molecule has 2 rings (SSSR count). The number of rotatable bonds is 7. The largest absolute Gasteiger partial charge is 0.497 e. The van der Waals surface area contributed by atoms with Crippen molar-refractivity contribution in [1.29, 1.82) is 0 Å². The highest BCUT2D eigenvalue weighted by Crippen LogP contribution is 2.17. The molecule has 0 fully saturated rings. The molecular weight excluding hydrogens is 332 g/mol. The van der Waals surface area contributed by atoms with Crippen LogP contribution in [0.5, 0.6) is 5.75 Å². The molecule has 2 aromatic rings. The first kappa shape index (κ1) is 17.6. The molecule has 1 heterocycles. The van der Waals surface area contributed by atoms with Gasteiger partial charge in [0.2, 0.25) is 22.9 Å². The summed E-state index contributed by atoms with van der Waals surface area (Å²) in [6.07, 6.45) is 0. The Kier molecular flexibility index (Phi) is 6.01. The summed E-state index contributed by atoms with van der Waals surface area (Å²) in [5, 5.41) is 9.41. The average molecular weight is 350 g/mol. The van der Waals surface area contributed by atoms with Crippen molar-refractivity contribution in [2.24, 2.45) is 0 Å². The van der Waals surface area contributed by atoms with Crippen LogP contribution in [0.1, 0.15) is 0 Å². The molecule has 1 aromatic heterocycles. The fraction of sp³-hybridized carbons (Fsp3) is 0.286. The Labute approximate surface area is 143 Å². The number of hydrogen-bond acceptors (Lipinski definition) is 7. The molecule has 0 saturated carbocycles. The molecule has 0 saturated heterocycles. The Morgan fingerprint density at radius 2 is 2.25 bits per heavy atom. The van der Waals surface area contributed by atoms with Gasteiger partial charge in [0.1, 0.15) is 5.75 Å². The first-order valence-electron chi connectivity index (χ1n) is 6.96. The predicted molar refractivity (Wildman–Crippen MR) is 90.8 cm³/mol. The minimum atomic E-state index is -0.300. The molecule has 2 amide bonds. The van der Waals surface area contributed by atoms with E-state index in [1.807, 2.05) is 0 Å². The van der Waals surface area contributed by atoms with Crippen LogP contribution in [-0.2, 0) is 9.59 Å². The van der Waals surface area contributed by atoms with Crippen LogP contribution < -0.4 is 15.8 Å². The van der Waals surface area contributed by atoms with Gasteiger partial charge >= 0.3 is 0 Å². The number of hydrogen-bond donors (Lipinski definition) is 3. The van der Waals surface area contributed by atoms with E-state index in [1.165, 1.54) is 4.90 Å². The van der Waals surface area contributed by atoms with E-state index in [1.54, 1.807) is 38.4 Å². The van der Waals surface area contributed by atoms with Crippen LogP contribution in [0.4, 0.5) is 11.6 Å². The van der Waals surface area contributed by atoms with Crippen LogP contribution in [0.3, 0.4) is 0 Å². The first-order chi connectivity index (χ1) is 11.5. The predicted octanol–water partition coefficient (Wildman–Crippen LogP) is 0.585. The number of aromatic amines is 1. The fourth-order valence-corrected chi connectivity index (χ4v) is 2.51. The third-order valence-corrected chi connectivity index (χ3v) is 3.80. The second-order valence-corrected chi connectivity index (χ2v) is 5.76. The second kappa shape index (κ2) is 8.20. The topological polar surface area (TPSA) is 126 Å². The average Bonchev–Trinajstić information content (AvgIpc) is 2.98. The number of aromatic nitrogens is 3. The van der Waals surface area contributed by atoms with E-state index in [-0.39, 0.29) is 30.1 Å². The molecule has 24 heavy (non-hydrogen) atoms. The number of thioether (sulfide) groups is 1. The molecular formula is C14H18N6O3S. The summed E-state index contributed by atoms with van der Waals surface area (Å²) >= 11 is 1.14. The third kappa shape index (κ3) is 5.16. The number of methoxy groups -OCH3 is 1. The quantitative estimate of drug-likeness (QED) is 0.624. The van der Waals surface area contributed by atoms with Gasteiger partial charge in [-0.1, -0.05) is 17.8 Å². The normalized spacial score (nSPS) is 10.2. The van der Waals surface area contributed by atoms with Crippen molar-refractivity contribution >= 4 is 35.2 Å². The van der Waals surface area contributed by atoms with Crippen LogP contribution in [0.15, 0.2) is 29.4 Å². The number of likely N-dealkylation sites (N-methyl/N-ethyl adjacent to an activating group) is 1. The minimum Gasteiger partial charge on any atom is -0.497 e. The summed E-state index contributed by atoms with van der Waals surface area (Å²) < 4.78 is 5.09. The molecule has 0 radical (unpaired) electrons. The van der Waals surface area contributed by atoms with Crippen molar-refractivity contribution in [3.8, 4) is 5.75 Å². The van der Waals surface area contributed by atoms with E-state index < -0.39 is 0 Å². The molecule has 0 aliphatic rings. The van der Waals surface area contributed by atoms with Crippen molar-refractivity contribution in [2.75, 3.05) is 37.5 Å². The zero-order valence-electron chi connectivity index (χ0n) is 13.3. The van der Waals surface area contributed by atoms with Gasteiger partial charge in [0.05, 0.1) is 19.4 Å². The molecule has 128 valence electrons. The van der Waals surface area contributed by atoms with Crippen molar-refractivity contribution in [2.45, 2.75) is 5.16 Å². The van der Waals surface area contributed by atoms with Gasteiger partial charge < -0.3 is 20.7 Å². The highest BCUT2D eigenvalue weighted by molar-refractivity contribution is 7.99. The van der Waals surface area contributed by atoms with E-state index in [0.29, 0.717) is 16.6 Å². The summed E-state index contributed by atoms with van der Waals surface area (Å²) in [5.74, 6) is 0.422. The number of nitrogens with zero attached hydrogens (tertiary/aromatic N) is 3. The van der Waals surface area contributed by atoms with E-state index in [9.17, 15) is 9.59 Å². The number of nitrogen functional groups attached to an aromatic ring is 1. The van der Waals surface area contributed by atoms with Crippen LogP contribution in [0.25, 0.3) is 0 Å². The molecule has 0 aliphatic carbocycles. The van der Waals surface area contributed by atoms with Crippen LogP contribution in [-0.4, -0.2) is 58.4 Å². The third-order valence-electron chi connectivity index (χ3n) is 2.97. The van der Waals surface area contributed by atoms with Crippen LogP contribution in [0.2, 0.25) is 0 Å². The number of ether oxygens (including phenoxy) is 1. The Morgan fingerprint density at radius 3 is 2.92 bits per heavy atom. The van der Waals surface area contributed by atoms with Gasteiger partial charge in [-0.3, -0.25) is 9.59 Å². The van der Waals surface area contributed by atoms with Crippen molar-refractivity contribution in [1.82, 2.24) is 20.1 Å². The van der Waals surface area contributed by atoms with E-state index in [2.05, 4.69) is 20.5 Å². The van der Waals surface area contributed by atoms with Gasteiger partial charge in [-0.15, -0.1) is 5.10 Å². The zero-order valence-corrected chi connectivity index (χ0v) is 14.1. The molecule has 0 bridgehead atoms. The molecule has 4 N–H and O–H groups in total. The van der Waals surface area contributed by atoms with Gasteiger partial charge in [-0.05, 0) is 12.1 Å². The lowest BCUT2D eigenvalue weighted by molar-refractivity contribution is -0.131. The fourth-order valence-electron chi connectivity index (χ4n) is 1.76. The monoisotopic (exact) mass is 350 g/mol. The van der Waals surface area contributed by atoms with Gasteiger partial charge in [0, 0.05) is 18.8 Å². The SMILES string of the molecule is COc1cccc(NC(=O)CN(C)C(=O)CSc2n[nH]c(N)n2)c1. The van der Waals surface area contributed by atoms with Crippen molar-refractivity contribution < 1.29 is 14.3 Å². The number of H-pyrrole nitrogens is 1. The molecule has 0 aliphatic heterocycles. The highest BCUT2D eigenvalue weighted by atomic mass is 32.2. The standard InChI is InChI=1S/C14H18N6O3S/c1-20(12(22)8-24-14-17-13(15)18-19-14)7-11(21)16-9-4-3-5-10(6-9)23-2/h3-6H,7-8H2,1-2H3,(H,16,21)(H3,15,17,18,19). The smallest absolute Gasteiger partial charge is 0.243 e. The van der Waals surface area contributed by atoms with Gasteiger partial charge in [-0.25, -0.2) is 5.10 Å². The zero-order chi connectivity index (χ0) is 17.5. The summed E-state index contributed by atoms with van der Waals surface area (Å²) in [7, 11) is 3.10. The van der Waals surface area contributed by atoms with Crippen molar-refractivity contribution in [3.63, 3.8) is 0 Å². The number of nitrogens with one attached hydrogen (secondary N) is 2. The number of amides is 2. The molecule has 10 heteroatoms. The molecule has 0 atom stereocenters. The lowest BCUT2D eigenvalue weighted by atomic mass is 10.3. The maximum atomic E-state index is 12.0. The van der Waals surface area contributed by atoms with Gasteiger partial charge in [0.25, 0.3) is 0 Å². The number of benzene rings is 1. The Hall–Kier alpha value is -2.75. The summed E-state index contributed by atoms with van der Waals surface area (Å²) in [5.41, 5.74) is 6.01. The maximum Gasteiger partial charge on any atom is 0.243 e. The number of carbonyl (C=O) groups is 2. The van der Waals surface area contributed by atoms with Crippen LogP contribution >= 0.6 is 11.8 Å². The van der Waals surface area contributed by atoms with Crippen molar-refractivity contribution in [3.05, 3.63) is 24.3 Å². The number of anilines is 2. The summed E-state index contributed by atoms with van der Waals surface area (Å²) in [4.78, 5) is 29.2. The lowest BCUT2D eigenvalue weighted by Gasteiger charge is -2.16. The Balaban J connectivity index is 1.80. The minimum absolute atomic E-state index is 0.0628. The number of carbonyl (C=O) groups excluding carboxylic acids is 2. The first-order valence-corrected chi connectivity index (χ1v) is 7.95. The summed E-state index contributed by atoms with van der Waals surface area (Å²) in [6.45, 7) is -0.0628. The summed E-state index contributed by atoms with van der Waals surface area (Å²) in [6, 6.07) is 6.98. The van der Waals surface area contributed by atoms with Crippen LogP contribution in [0, 0.1) is 0 Å². The van der Waals surface area contributed by atoms with Gasteiger partial charge in [0.15, 0.2) is 0 Å². The maximum absolute atomic E-state index is 12.0. The lowest BCUT2D eigenvalue weighted by Crippen LogP contribution is -2.35.